The van der Waals surface area contributed by atoms with Crippen molar-refractivity contribution < 1.29 is 4.42 Å². The molecule has 0 saturated carbocycles. The van der Waals surface area contributed by atoms with E-state index in [4.69, 9.17) is 4.42 Å². The number of benzene rings is 1. The Morgan fingerprint density at radius 3 is 2.32 bits per heavy atom. The largest absolute Gasteiger partial charge is 0.466 e. The molecule has 1 N–H and O–H groups in total. The highest BCUT2D eigenvalue weighted by Crippen LogP contribution is 2.33. The summed E-state index contributed by atoms with van der Waals surface area (Å²) in [5.41, 5.74) is 5.20. The Kier molecular flexibility index (Phi) is 4.48. The maximum Gasteiger partial charge on any atom is 0.139 e. The van der Waals surface area contributed by atoms with Gasteiger partial charge in [0, 0.05) is 0 Å². The molecule has 0 radical (unpaired) electrons. The third-order valence-electron chi connectivity index (χ3n) is 3.34. The monoisotopic (exact) mass is 321 g/mol. The van der Waals surface area contributed by atoms with Gasteiger partial charge in [-0.15, -0.1) is 0 Å². The summed E-state index contributed by atoms with van der Waals surface area (Å²) < 4.78 is 6.68. The molecule has 0 aliphatic rings. The molecular formula is C16H20BrNO. The minimum atomic E-state index is 0.0926. The second-order valence-electron chi connectivity index (χ2n) is 4.94. The van der Waals surface area contributed by atoms with Gasteiger partial charge < -0.3 is 9.73 Å². The fraction of sp³-hybridized carbons (Fsp3) is 0.375. The van der Waals surface area contributed by atoms with Crippen LogP contribution < -0.4 is 5.32 Å². The summed E-state index contributed by atoms with van der Waals surface area (Å²) in [5.74, 6) is 0.942. The first-order valence-corrected chi connectivity index (χ1v) is 7.38. The molecule has 2 aromatic rings. The molecule has 0 saturated heterocycles. The highest BCUT2D eigenvalue weighted by atomic mass is 79.9. The number of nitrogens with one attached hydrogen (secondary N) is 1. The standard InChI is InChI=1S/C16H20BrNO/c1-5-18-15(16-13(17)6-7-19-16)14-11(3)8-10(2)9-12(14)4/h6-9,15,18H,5H2,1-4H3. The van der Waals surface area contributed by atoms with Crippen LogP contribution in [-0.4, -0.2) is 6.54 Å². The Hall–Kier alpha value is -1.06. The molecule has 0 aliphatic carbocycles. The van der Waals surface area contributed by atoms with Crippen molar-refractivity contribution in [2.75, 3.05) is 6.54 Å². The zero-order valence-electron chi connectivity index (χ0n) is 11.9. The van der Waals surface area contributed by atoms with Crippen molar-refractivity contribution in [2.24, 2.45) is 0 Å². The second kappa shape index (κ2) is 5.93. The summed E-state index contributed by atoms with van der Waals surface area (Å²) in [7, 11) is 0. The van der Waals surface area contributed by atoms with Crippen molar-refractivity contribution in [3.63, 3.8) is 0 Å². The molecule has 3 heteroatoms. The lowest BCUT2D eigenvalue weighted by Gasteiger charge is -2.21. The molecule has 1 heterocycles. The maximum atomic E-state index is 5.66. The smallest absolute Gasteiger partial charge is 0.139 e. The first kappa shape index (κ1) is 14.4. The van der Waals surface area contributed by atoms with Gasteiger partial charge in [-0.25, -0.2) is 0 Å². The van der Waals surface area contributed by atoms with Gasteiger partial charge in [-0.1, -0.05) is 24.6 Å². The molecule has 2 rings (SSSR count). The highest BCUT2D eigenvalue weighted by molar-refractivity contribution is 9.10. The Labute approximate surface area is 123 Å². The van der Waals surface area contributed by atoms with Crippen LogP contribution in [0, 0.1) is 20.8 Å². The molecule has 0 bridgehead atoms. The molecule has 0 amide bonds. The predicted molar refractivity (Wildman–Crippen MR) is 82.6 cm³/mol. The van der Waals surface area contributed by atoms with Crippen molar-refractivity contribution in [3.05, 3.63) is 56.9 Å². The van der Waals surface area contributed by atoms with Gasteiger partial charge in [0.25, 0.3) is 0 Å². The first-order valence-electron chi connectivity index (χ1n) is 6.58. The van der Waals surface area contributed by atoms with Crippen LogP contribution in [0.1, 0.15) is 41.0 Å². The van der Waals surface area contributed by atoms with Crippen molar-refractivity contribution in [2.45, 2.75) is 33.7 Å². The summed E-state index contributed by atoms with van der Waals surface area (Å²) >= 11 is 3.56. The zero-order chi connectivity index (χ0) is 14.0. The van der Waals surface area contributed by atoms with Crippen LogP contribution in [-0.2, 0) is 0 Å². The van der Waals surface area contributed by atoms with E-state index in [9.17, 15) is 0 Å². The topological polar surface area (TPSA) is 25.2 Å². The van der Waals surface area contributed by atoms with Gasteiger partial charge in [-0.2, -0.15) is 0 Å². The van der Waals surface area contributed by atoms with Gasteiger partial charge in [-0.3, -0.25) is 0 Å². The molecule has 1 aromatic carbocycles. The van der Waals surface area contributed by atoms with Gasteiger partial charge in [0.1, 0.15) is 5.76 Å². The van der Waals surface area contributed by atoms with E-state index in [0.717, 1.165) is 16.8 Å². The number of furan rings is 1. The van der Waals surface area contributed by atoms with E-state index in [1.165, 1.54) is 22.3 Å². The fourth-order valence-electron chi connectivity index (χ4n) is 2.69. The third-order valence-corrected chi connectivity index (χ3v) is 4.00. The Balaban J connectivity index is 2.54. The van der Waals surface area contributed by atoms with Crippen molar-refractivity contribution >= 4 is 15.9 Å². The number of rotatable bonds is 4. The van der Waals surface area contributed by atoms with E-state index in [1.54, 1.807) is 6.26 Å². The van der Waals surface area contributed by atoms with Crippen molar-refractivity contribution in [3.8, 4) is 0 Å². The van der Waals surface area contributed by atoms with Crippen LogP contribution in [0.3, 0.4) is 0 Å². The van der Waals surface area contributed by atoms with E-state index >= 15 is 0 Å². The molecule has 19 heavy (non-hydrogen) atoms. The normalized spacial score (nSPS) is 12.7. The first-order chi connectivity index (χ1) is 9.04. The molecule has 1 aromatic heterocycles. The molecule has 1 unspecified atom stereocenters. The summed E-state index contributed by atoms with van der Waals surface area (Å²) in [6.45, 7) is 9.47. The lowest BCUT2D eigenvalue weighted by molar-refractivity contribution is 0.448. The summed E-state index contributed by atoms with van der Waals surface area (Å²) in [6.07, 6.45) is 1.72. The van der Waals surface area contributed by atoms with Crippen LogP contribution >= 0.6 is 15.9 Å². The van der Waals surface area contributed by atoms with Crippen molar-refractivity contribution in [1.29, 1.82) is 0 Å². The Morgan fingerprint density at radius 2 is 1.84 bits per heavy atom. The number of aryl methyl sites for hydroxylation is 3. The fourth-order valence-corrected chi connectivity index (χ4v) is 3.12. The lowest BCUT2D eigenvalue weighted by Crippen LogP contribution is -2.23. The molecule has 0 fully saturated rings. The molecule has 0 aliphatic heterocycles. The third kappa shape index (κ3) is 2.93. The van der Waals surface area contributed by atoms with E-state index < -0.39 is 0 Å². The minimum absolute atomic E-state index is 0.0926. The molecule has 102 valence electrons. The average molecular weight is 322 g/mol. The SMILES string of the molecule is CCNC(c1occc1Br)c1c(C)cc(C)cc1C. The van der Waals surface area contributed by atoms with Crippen LogP contribution in [0.15, 0.2) is 33.4 Å². The van der Waals surface area contributed by atoms with Crippen LogP contribution in [0.4, 0.5) is 0 Å². The van der Waals surface area contributed by atoms with Gasteiger partial charge in [-0.05, 0) is 66.0 Å². The minimum Gasteiger partial charge on any atom is -0.466 e. The predicted octanol–water partition coefficient (Wildman–Crippen LogP) is 4.67. The molecule has 2 nitrogen and oxygen atoms in total. The molecule has 1 atom stereocenters. The highest BCUT2D eigenvalue weighted by Gasteiger charge is 2.22. The van der Waals surface area contributed by atoms with Gasteiger partial charge in [0.2, 0.25) is 0 Å². The van der Waals surface area contributed by atoms with E-state index in [2.05, 4.69) is 61.1 Å². The van der Waals surface area contributed by atoms with Crippen LogP contribution in [0.2, 0.25) is 0 Å². The Morgan fingerprint density at radius 1 is 1.21 bits per heavy atom. The van der Waals surface area contributed by atoms with Crippen LogP contribution in [0.25, 0.3) is 0 Å². The van der Waals surface area contributed by atoms with Crippen molar-refractivity contribution in [1.82, 2.24) is 5.32 Å². The molecule has 0 spiro atoms. The van der Waals surface area contributed by atoms with E-state index in [0.29, 0.717) is 0 Å². The number of hydrogen-bond acceptors (Lipinski definition) is 2. The Bertz CT molecular complexity index is 551. The number of halogens is 1. The zero-order valence-corrected chi connectivity index (χ0v) is 13.5. The summed E-state index contributed by atoms with van der Waals surface area (Å²) in [5, 5.41) is 3.52. The van der Waals surface area contributed by atoms with E-state index in [-0.39, 0.29) is 6.04 Å². The van der Waals surface area contributed by atoms with Gasteiger partial charge in [0.05, 0.1) is 16.8 Å². The lowest BCUT2D eigenvalue weighted by atomic mass is 9.92. The van der Waals surface area contributed by atoms with Gasteiger partial charge in [0.15, 0.2) is 0 Å². The second-order valence-corrected chi connectivity index (χ2v) is 5.79. The molecular weight excluding hydrogens is 302 g/mol. The van der Waals surface area contributed by atoms with Crippen LogP contribution in [0.5, 0.6) is 0 Å². The summed E-state index contributed by atoms with van der Waals surface area (Å²) in [4.78, 5) is 0. The number of hydrogen-bond donors (Lipinski definition) is 1. The average Bonchev–Trinajstić information content (AvgIpc) is 2.73. The maximum absolute atomic E-state index is 5.66. The van der Waals surface area contributed by atoms with E-state index in [1.807, 2.05) is 6.07 Å². The quantitative estimate of drug-likeness (QED) is 0.885. The van der Waals surface area contributed by atoms with Gasteiger partial charge >= 0.3 is 0 Å². The summed E-state index contributed by atoms with van der Waals surface area (Å²) in [6, 6.07) is 6.49.